The summed E-state index contributed by atoms with van der Waals surface area (Å²) >= 11 is 0. The van der Waals surface area contributed by atoms with Crippen LogP contribution in [0.3, 0.4) is 0 Å². The molecule has 1 aliphatic carbocycles. The fraction of sp³-hybridized carbons (Fsp3) is 1.00. The Bertz CT molecular complexity index is 72.6. The van der Waals surface area contributed by atoms with Gasteiger partial charge in [-0.3, -0.25) is 0 Å². The predicted octanol–water partition coefficient (Wildman–Crippen LogP) is 1.74. The van der Waals surface area contributed by atoms with Crippen molar-refractivity contribution in [3.63, 3.8) is 0 Å². The lowest BCUT2D eigenvalue weighted by Crippen LogP contribution is -2.10. The molecule has 0 spiro atoms. The van der Waals surface area contributed by atoms with E-state index in [4.69, 9.17) is 0 Å². The van der Waals surface area contributed by atoms with Crippen LogP contribution in [0.25, 0.3) is 0 Å². The van der Waals surface area contributed by atoms with Crippen LogP contribution in [-0.2, 0) is 0 Å². The Balaban J connectivity index is 2.23. The summed E-state index contributed by atoms with van der Waals surface area (Å²) in [6.07, 6.45) is 7.59. The largest absolute Gasteiger partial charge is 0.0655 e. The third-order valence-corrected chi connectivity index (χ3v) is 3.54. The van der Waals surface area contributed by atoms with Gasteiger partial charge in [-0.2, -0.15) is 0 Å². The fourth-order valence-electron chi connectivity index (χ4n) is 1.80. The smallest absolute Gasteiger partial charge is 0.00673 e. The molecule has 0 nitrogen and oxygen atoms in total. The van der Waals surface area contributed by atoms with E-state index in [1.807, 2.05) is 0 Å². The van der Waals surface area contributed by atoms with Crippen LogP contribution in [0.15, 0.2) is 0 Å². The Kier molecular flexibility index (Phi) is 2.77. The lowest BCUT2D eigenvalue weighted by Gasteiger charge is -2.24. The van der Waals surface area contributed by atoms with Crippen molar-refractivity contribution >= 4 is 10.2 Å². The minimum absolute atomic E-state index is 1.07. The van der Waals surface area contributed by atoms with Crippen molar-refractivity contribution in [2.45, 2.75) is 44.6 Å². The van der Waals surface area contributed by atoms with E-state index >= 15 is 0 Å². The zero-order valence-electron chi connectivity index (χ0n) is 6.69. The molecule has 1 saturated carbocycles. The van der Waals surface area contributed by atoms with E-state index in [1.54, 1.807) is 0 Å². The summed E-state index contributed by atoms with van der Waals surface area (Å²) in [5, 5.41) is 0. The molecular formula is C8H18Si. The van der Waals surface area contributed by atoms with Crippen LogP contribution in [0.1, 0.15) is 39.0 Å². The van der Waals surface area contributed by atoms with Crippen LogP contribution >= 0.6 is 0 Å². The summed E-state index contributed by atoms with van der Waals surface area (Å²) in [5.41, 5.74) is 1.07. The van der Waals surface area contributed by atoms with Gasteiger partial charge < -0.3 is 0 Å². The van der Waals surface area contributed by atoms with E-state index in [-0.39, 0.29) is 0 Å². The molecule has 0 radical (unpaired) electrons. The third-order valence-electron chi connectivity index (χ3n) is 2.59. The first-order chi connectivity index (χ1) is 4.30. The first-order valence-corrected chi connectivity index (χ1v) is 5.46. The zero-order chi connectivity index (χ0) is 6.69. The summed E-state index contributed by atoms with van der Waals surface area (Å²) in [5.74, 6) is 1.12. The molecule has 0 aromatic rings. The summed E-state index contributed by atoms with van der Waals surface area (Å²) < 4.78 is 0. The average Bonchev–Trinajstić information content (AvgIpc) is 1.90. The summed E-state index contributed by atoms with van der Waals surface area (Å²) in [6.45, 7) is 2.42. The van der Waals surface area contributed by atoms with E-state index in [0.29, 0.717) is 0 Å². The Labute approximate surface area is 61.5 Å². The predicted molar refractivity (Wildman–Crippen MR) is 45.9 cm³/mol. The van der Waals surface area contributed by atoms with E-state index in [2.05, 4.69) is 6.92 Å². The average molecular weight is 142 g/mol. The van der Waals surface area contributed by atoms with Gasteiger partial charge in [-0.25, -0.2) is 0 Å². The van der Waals surface area contributed by atoms with Gasteiger partial charge in [0.1, 0.15) is 0 Å². The van der Waals surface area contributed by atoms with Crippen molar-refractivity contribution in [3.8, 4) is 0 Å². The van der Waals surface area contributed by atoms with E-state index < -0.39 is 0 Å². The first kappa shape index (κ1) is 7.33. The zero-order valence-corrected chi connectivity index (χ0v) is 8.69. The molecule has 54 valence electrons. The standard InChI is InChI=1S/C8H18Si/c1-7(9)8-5-3-2-4-6-8/h7-8H,2-6H2,1,9H3. The van der Waals surface area contributed by atoms with E-state index in [1.165, 1.54) is 42.3 Å². The van der Waals surface area contributed by atoms with Crippen molar-refractivity contribution in [2.24, 2.45) is 5.92 Å². The highest BCUT2D eigenvalue weighted by atomic mass is 28.1. The lowest BCUT2D eigenvalue weighted by molar-refractivity contribution is 0.350. The van der Waals surface area contributed by atoms with Gasteiger partial charge in [0.05, 0.1) is 0 Å². The van der Waals surface area contributed by atoms with Gasteiger partial charge in [0.25, 0.3) is 0 Å². The molecule has 1 atom stereocenters. The monoisotopic (exact) mass is 142 g/mol. The molecule has 9 heavy (non-hydrogen) atoms. The quantitative estimate of drug-likeness (QED) is 0.489. The Morgan fingerprint density at radius 1 is 1.22 bits per heavy atom. The van der Waals surface area contributed by atoms with Crippen molar-refractivity contribution in [2.75, 3.05) is 0 Å². The van der Waals surface area contributed by atoms with Crippen molar-refractivity contribution < 1.29 is 0 Å². The molecule has 1 aliphatic rings. The highest BCUT2D eigenvalue weighted by Gasteiger charge is 2.15. The molecule has 1 fully saturated rings. The van der Waals surface area contributed by atoms with Crippen LogP contribution in [0.5, 0.6) is 0 Å². The van der Waals surface area contributed by atoms with Gasteiger partial charge in [-0.15, -0.1) is 0 Å². The molecule has 1 unspecified atom stereocenters. The SMILES string of the molecule is CC([SiH3])C1CCCCC1. The van der Waals surface area contributed by atoms with Crippen LogP contribution in [0, 0.1) is 5.92 Å². The van der Waals surface area contributed by atoms with Crippen molar-refractivity contribution in [3.05, 3.63) is 0 Å². The van der Waals surface area contributed by atoms with Crippen LogP contribution < -0.4 is 0 Å². The Morgan fingerprint density at radius 3 is 2.11 bits per heavy atom. The van der Waals surface area contributed by atoms with Gasteiger partial charge in [0, 0.05) is 10.2 Å². The highest BCUT2D eigenvalue weighted by molar-refractivity contribution is 6.11. The molecule has 0 N–H and O–H groups in total. The minimum Gasteiger partial charge on any atom is -0.0655 e. The minimum atomic E-state index is 1.07. The second-order valence-corrected chi connectivity index (χ2v) is 5.46. The van der Waals surface area contributed by atoms with E-state index in [9.17, 15) is 0 Å². The second kappa shape index (κ2) is 3.40. The van der Waals surface area contributed by atoms with Gasteiger partial charge in [0.2, 0.25) is 0 Å². The number of rotatable bonds is 1. The fourth-order valence-corrected chi connectivity index (χ4v) is 2.47. The van der Waals surface area contributed by atoms with Crippen LogP contribution in [-0.4, -0.2) is 10.2 Å². The Morgan fingerprint density at radius 2 is 1.78 bits per heavy atom. The second-order valence-electron chi connectivity index (χ2n) is 3.64. The third kappa shape index (κ3) is 2.13. The normalized spacial score (nSPS) is 26.3. The van der Waals surface area contributed by atoms with Crippen LogP contribution in [0.4, 0.5) is 0 Å². The topological polar surface area (TPSA) is 0 Å². The van der Waals surface area contributed by atoms with Gasteiger partial charge in [0.15, 0.2) is 0 Å². The number of hydrogen-bond acceptors (Lipinski definition) is 0. The molecule has 0 amide bonds. The van der Waals surface area contributed by atoms with Crippen LogP contribution in [0.2, 0.25) is 5.54 Å². The highest BCUT2D eigenvalue weighted by Crippen LogP contribution is 2.30. The van der Waals surface area contributed by atoms with E-state index in [0.717, 1.165) is 11.5 Å². The molecule has 1 heteroatoms. The maximum absolute atomic E-state index is 2.42. The van der Waals surface area contributed by atoms with Gasteiger partial charge in [-0.1, -0.05) is 44.6 Å². The van der Waals surface area contributed by atoms with Crippen molar-refractivity contribution in [1.82, 2.24) is 0 Å². The maximum Gasteiger partial charge on any atom is 0.00673 e. The van der Waals surface area contributed by atoms with Gasteiger partial charge in [-0.05, 0) is 5.92 Å². The van der Waals surface area contributed by atoms with Crippen molar-refractivity contribution in [1.29, 1.82) is 0 Å². The molecule has 1 rings (SSSR count). The maximum atomic E-state index is 2.42. The molecule has 0 aromatic heterocycles. The summed E-state index contributed by atoms with van der Waals surface area (Å²) in [7, 11) is 1.41. The molecule has 0 aliphatic heterocycles. The Hall–Kier alpha value is 0.217. The molecule has 0 saturated heterocycles. The van der Waals surface area contributed by atoms with Gasteiger partial charge >= 0.3 is 0 Å². The first-order valence-electron chi connectivity index (χ1n) is 4.30. The molecular weight excluding hydrogens is 124 g/mol. The number of hydrogen-bond donors (Lipinski definition) is 0. The summed E-state index contributed by atoms with van der Waals surface area (Å²) in [6, 6.07) is 0. The molecule has 0 heterocycles. The molecule has 0 bridgehead atoms. The molecule has 0 aromatic carbocycles. The lowest BCUT2D eigenvalue weighted by atomic mass is 9.87. The summed E-state index contributed by atoms with van der Waals surface area (Å²) in [4.78, 5) is 0.